The van der Waals surface area contributed by atoms with Crippen molar-refractivity contribution in [3.63, 3.8) is 0 Å². The smallest absolute Gasteiger partial charge is 0.306 e. The fourth-order valence-electron chi connectivity index (χ4n) is 4.81. The molecule has 0 saturated carbocycles. The first-order chi connectivity index (χ1) is 13.2. The topological polar surface area (TPSA) is 42.4 Å². The molecule has 0 amide bonds. The second kappa shape index (κ2) is 7.81. The van der Waals surface area contributed by atoms with Gasteiger partial charge in [-0.05, 0) is 49.8 Å². The van der Waals surface area contributed by atoms with Gasteiger partial charge in [-0.3, -0.25) is 14.7 Å². The number of para-hydroxylation sites is 1. The third-order valence-electron chi connectivity index (χ3n) is 6.21. The molecule has 0 radical (unpaired) electrons. The van der Waals surface area contributed by atoms with Crippen molar-refractivity contribution in [2.24, 2.45) is 11.8 Å². The Kier molecular flexibility index (Phi) is 5.26. The third kappa shape index (κ3) is 3.51. The number of fused-ring (bicyclic) bond motifs is 4. The Bertz CT molecular complexity index is 829. The van der Waals surface area contributed by atoms with E-state index < -0.39 is 0 Å². The highest BCUT2D eigenvalue weighted by molar-refractivity contribution is 5.82. The maximum Gasteiger partial charge on any atom is 0.306 e. The SMILES string of the molecule is C=C[C@@H]1CN2CC[C@H]1C[C@H]2[C@@H](OC(=O)CCC)c1ccnc2ccccc12. The lowest BCUT2D eigenvalue weighted by Crippen LogP contribution is -2.55. The summed E-state index contributed by atoms with van der Waals surface area (Å²) in [6.07, 6.45) is 7.22. The summed E-state index contributed by atoms with van der Waals surface area (Å²) in [4.78, 5) is 19.5. The molecule has 2 bridgehead atoms. The molecule has 1 unspecified atom stereocenters. The molecule has 27 heavy (non-hydrogen) atoms. The lowest BCUT2D eigenvalue weighted by Gasteiger charge is -2.51. The number of piperidine rings is 3. The third-order valence-corrected chi connectivity index (χ3v) is 6.21. The van der Waals surface area contributed by atoms with Gasteiger partial charge in [0.1, 0.15) is 6.10 Å². The van der Waals surface area contributed by atoms with Crippen molar-refractivity contribution < 1.29 is 9.53 Å². The van der Waals surface area contributed by atoms with Crippen LogP contribution in [-0.4, -0.2) is 35.0 Å². The normalized spacial score (nSPS) is 28.0. The van der Waals surface area contributed by atoms with Crippen LogP contribution in [0, 0.1) is 11.8 Å². The second-order valence-electron chi connectivity index (χ2n) is 7.82. The Morgan fingerprint density at radius 1 is 1.41 bits per heavy atom. The summed E-state index contributed by atoms with van der Waals surface area (Å²) in [7, 11) is 0. The standard InChI is InChI=1S/C23H28N2O2/c1-3-7-22(26)27-23(19-10-12-24-20-9-6-5-8-18(19)20)21-14-17-11-13-25(21)15-16(17)4-2/h4-6,8-10,12,16-17,21,23H,2-3,7,11,13-15H2,1H3/t16-,17+,21+,23+/m1/s1. The molecule has 1 aromatic carbocycles. The second-order valence-corrected chi connectivity index (χ2v) is 7.82. The number of rotatable bonds is 6. The zero-order chi connectivity index (χ0) is 18.8. The molecule has 3 fully saturated rings. The van der Waals surface area contributed by atoms with E-state index >= 15 is 0 Å². The van der Waals surface area contributed by atoms with Crippen molar-refractivity contribution in [3.05, 3.63) is 54.7 Å². The highest BCUT2D eigenvalue weighted by atomic mass is 16.5. The van der Waals surface area contributed by atoms with Crippen molar-refractivity contribution in [2.75, 3.05) is 13.1 Å². The Morgan fingerprint density at radius 2 is 2.26 bits per heavy atom. The summed E-state index contributed by atoms with van der Waals surface area (Å²) in [6.45, 7) is 8.13. The number of nitrogens with zero attached hydrogens (tertiary/aromatic N) is 2. The van der Waals surface area contributed by atoms with E-state index in [9.17, 15) is 4.79 Å². The first kappa shape index (κ1) is 18.2. The molecule has 142 valence electrons. The monoisotopic (exact) mass is 364 g/mol. The fraction of sp³-hybridized carbons (Fsp3) is 0.478. The zero-order valence-electron chi connectivity index (χ0n) is 16.0. The van der Waals surface area contributed by atoms with Crippen LogP contribution in [0.4, 0.5) is 0 Å². The molecule has 3 aliphatic rings. The van der Waals surface area contributed by atoms with E-state index in [2.05, 4.69) is 28.6 Å². The molecule has 3 saturated heterocycles. The summed E-state index contributed by atoms with van der Waals surface area (Å²) in [5.74, 6) is 1.08. The molecule has 4 heteroatoms. The van der Waals surface area contributed by atoms with Gasteiger partial charge in [0.15, 0.2) is 0 Å². The van der Waals surface area contributed by atoms with Crippen LogP contribution in [0.2, 0.25) is 0 Å². The van der Waals surface area contributed by atoms with Gasteiger partial charge in [-0.15, -0.1) is 6.58 Å². The number of carbonyl (C=O) groups excluding carboxylic acids is 1. The maximum atomic E-state index is 12.5. The minimum absolute atomic E-state index is 0.105. The van der Waals surface area contributed by atoms with Crippen LogP contribution in [0.15, 0.2) is 49.2 Å². The van der Waals surface area contributed by atoms with Crippen LogP contribution in [0.3, 0.4) is 0 Å². The summed E-state index contributed by atoms with van der Waals surface area (Å²) >= 11 is 0. The minimum atomic E-state index is -0.245. The molecule has 0 aliphatic carbocycles. The molecule has 4 heterocycles. The van der Waals surface area contributed by atoms with Gasteiger partial charge >= 0.3 is 5.97 Å². The average molecular weight is 364 g/mol. The van der Waals surface area contributed by atoms with Gasteiger partial charge in [0.05, 0.1) is 11.6 Å². The summed E-state index contributed by atoms with van der Waals surface area (Å²) in [5.41, 5.74) is 2.03. The van der Waals surface area contributed by atoms with Gasteiger partial charge in [-0.25, -0.2) is 0 Å². The number of esters is 1. The lowest BCUT2D eigenvalue weighted by molar-refractivity contribution is -0.157. The zero-order valence-corrected chi connectivity index (χ0v) is 16.0. The number of benzene rings is 1. The Morgan fingerprint density at radius 3 is 3.00 bits per heavy atom. The lowest BCUT2D eigenvalue weighted by atomic mass is 9.73. The number of carbonyl (C=O) groups is 1. The number of ether oxygens (including phenoxy) is 1. The molecule has 4 nitrogen and oxygen atoms in total. The van der Waals surface area contributed by atoms with Gasteiger partial charge < -0.3 is 4.74 Å². The van der Waals surface area contributed by atoms with E-state index in [1.807, 2.05) is 37.4 Å². The van der Waals surface area contributed by atoms with Gasteiger partial charge in [0, 0.05) is 30.1 Å². The Hall–Kier alpha value is -2.20. The molecule has 2 aromatic rings. The molecule has 5 rings (SSSR count). The molecule has 5 atom stereocenters. The summed E-state index contributed by atoms with van der Waals surface area (Å²) < 4.78 is 6.11. The minimum Gasteiger partial charge on any atom is -0.456 e. The van der Waals surface area contributed by atoms with Crippen LogP contribution in [0.5, 0.6) is 0 Å². The van der Waals surface area contributed by atoms with Gasteiger partial charge in [-0.2, -0.15) is 0 Å². The number of pyridine rings is 1. The van der Waals surface area contributed by atoms with E-state index in [4.69, 9.17) is 4.74 Å². The molecular weight excluding hydrogens is 336 g/mol. The largest absolute Gasteiger partial charge is 0.456 e. The van der Waals surface area contributed by atoms with Crippen molar-refractivity contribution in [2.45, 2.75) is 44.8 Å². The van der Waals surface area contributed by atoms with Crippen molar-refractivity contribution >= 4 is 16.9 Å². The van der Waals surface area contributed by atoms with E-state index in [1.165, 1.54) is 6.42 Å². The Balaban J connectivity index is 1.71. The summed E-state index contributed by atoms with van der Waals surface area (Å²) in [5, 5.41) is 1.08. The van der Waals surface area contributed by atoms with Crippen molar-refractivity contribution in [3.8, 4) is 0 Å². The van der Waals surface area contributed by atoms with Crippen LogP contribution in [-0.2, 0) is 9.53 Å². The molecule has 0 spiro atoms. The van der Waals surface area contributed by atoms with Crippen LogP contribution >= 0.6 is 0 Å². The van der Waals surface area contributed by atoms with Crippen LogP contribution in [0.1, 0.15) is 44.3 Å². The molecule has 3 aliphatic heterocycles. The first-order valence-electron chi connectivity index (χ1n) is 10.1. The number of hydrogen-bond donors (Lipinski definition) is 0. The van der Waals surface area contributed by atoms with Crippen LogP contribution < -0.4 is 0 Å². The molecule has 0 N–H and O–H groups in total. The van der Waals surface area contributed by atoms with Crippen molar-refractivity contribution in [1.82, 2.24) is 9.88 Å². The van der Waals surface area contributed by atoms with E-state index in [-0.39, 0.29) is 18.1 Å². The first-order valence-corrected chi connectivity index (χ1v) is 10.1. The van der Waals surface area contributed by atoms with Crippen LogP contribution in [0.25, 0.3) is 10.9 Å². The van der Waals surface area contributed by atoms with Gasteiger partial charge in [0.2, 0.25) is 0 Å². The average Bonchev–Trinajstić information content (AvgIpc) is 2.72. The Labute approximate surface area is 161 Å². The van der Waals surface area contributed by atoms with E-state index in [0.717, 1.165) is 42.4 Å². The quantitative estimate of drug-likeness (QED) is 0.558. The van der Waals surface area contributed by atoms with E-state index in [1.54, 1.807) is 0 Å². The van der Waals surface area contributed by atoms with Gasteiger partial charge in [0.25, 0.3) is 0 Å². The number of hydrogen-bond acceptors (Lipinski definition) is 4. The highest BCUT2D eigenvalue weighted by Crippen LogP contribution is 2.43. The van der Waals surface area contributed by atoms with E-state index in [0.29, 0.717) is 18.3 Å². The molecule has 1 aromatic heterocycles. The molecular formula is C23H28N2O2. The number of aromatic nitrogens is 1. The predicted octanol–water partition coefficient (Wildman–Crippen LogP) is 4.52. The fourth-order valence-corrected chi connectivity index (χ4v) is 4.81. The summed E-state index contributed by atoms with van der Waals surface area (Å²) in [6, 6.07) is 10.4. The highest BCUT2D eigenvalue weighted by Gasteiger charge is 2.44. The van der Waals surface area contributed by atoms with Crippen molar-refractivity contribution in [1.29, 1.82) is 0 Å². The predicted molar refractivity (Wildman–Crippen MR) is 107 cm³/mol. The maximum absolute atomic E-state index is 12.5. The van der Waals surface area contributed by atoms with Gasteiger partial charge in [-0.1, -0.05) is 31.2 Å².